The molecule has 4 heterocycles. The largest absolute Gasteiger partial charge is 0.444 e. The molecule has 2 aliphatic heterocycles. The van der Waals surface area contributed by atoms with E-state index in [9.17, 15) is 14.9 Å². The van der Waals surface area contributed by atoms with Crippen molar-refractivity contribution in [3.05, 3.63) is 57.9 Å². The van der Waals surface area contributed by atoms with Crippen molar-refractivity contribution >= 4 is 29.1 Å². The number of non-ortho nitro benzene ring substituents is 1. The van der Waals surface area contributed by atoms with Gasteiger partial charge in [-0.15, -0.1) is 5.10 Å². The minimum atomic E-state index is -1.26. The summed E-state index contributed by atoms with van der Waals surface area (Å²) in [5.74, 6) is 0.450. The number of nitrogens with zero attached hydrogens (tertiary/aromatic N) is 7. The summed E-state index contributed by atoms with van der Waals surface area (Å²) in [5.41, 5.74) is 0.707. The lowest BCUT2D eigenvalue weighted by Gasteiger charge is -2.38. The first kappa shape index (κ1) is 31.6. The highest BCUT2D eigenvalue weighted by atomic mass is 35.5. The summed E-state index contributed by atoms with van der Waals surface area (Å²) in [6.45, 7) is 7.68. The number of amides is 1. The van der Waals surface area contributed by atoms with Crippen LogP contribution in [0.3, 0.4) is 0 Å². The molecule has 44 heavy (non-hydrogen) atoms. The number of benzene rings is 1. The minimum Gasteiger partial charge on any atom is -0.444 e. The van der Waals surface area contributed by atoms with Crippen LogP contribution in [0.15, 0.2) is 42.6 Å². The van der Waals surface area contributed by atoms with E-state index in [-0.39, 0.29) is 11.8 Å². The third-order valence-corrected chi connectivity index (χ3v) is 8.60. The molecule has 0 bridgehead atoms. The fourth-order valence-electron chi connectivity index (χ4n) is 5.96. The number of hydrogen-bond donors (Lipinski definition) is 0. The monoisotopic (exact) mass is 627 g/mol. The van der Waals surface area contributed by atoms with Gasteiger partial charge in [-0.2, -0.15) is 0 Å². The van der Waals surface area contributed by atoms with Crippen LogP contribution in [-0.2, 0) is 4.74 Å². The number of nitro groups is 1. The Hall–Kier alpha value is -3.80. The van der Waals surface area contributed by atoms with Crippen LogP contribution in [0.25, 0.3) is 17.1 Å². The summed E-state index contributed by atoms with van der Waals surface area (Å²) in [6, 6.07) is 10.0. The van der Waals surface area contributed by atoms with Crippen molar-refractivity contribution < 1.29 is 18.8 Å². The third-order valence-electron chi connectivity index (χ3n) is 8.39. The molecule has 1 amide bonds. The van der Waals surface area contributed by atoms with Crippen molar-refractivity contribution in [1.29, 1.82) is 0 Å². The Kier molecular flexibility index (Phi) is 9.38. The average molecular weight is 628 g/mol. The number of nitro benzene ring substituents is 1. The highest BCUT2D eigenvalue weighted by molar-refractivity contribution is 6.29. The van der Waals surface area contributed by atoms with E-state index in [1.165, 1.54) is 6.07 Å². The molecule has 2 aliphatic rings. The summed E-state index contributed by atoms with van der Waals surface area (Å²) in [5, 5.41) is 20.5. The molecule has 2 aromatic heterocycles. The number of hydrogen-bond acceptors (Lipinski definition) is 8. The maximum Gasteiger partial charge on any atom is 0.410 e. The maximum absolute atomic E-state index is 15.6. The second kappa shape index (κ2) is 13.1. The summed E-state index contributed by atoms with van der Waals surface area (Å²) >= 11 is 6.04. The van der Waals surface area contributed by atoms with Crippen molar-refractivity contribution in [1.82, 2.24) is 24.9 Å². The fourth-order valence-corrected chi connectivity index (χ4v) is 6.12. The van der Waals surface area contributed by atoms with Crippen molar-refractivity contribution in [2.24, 2.45) is 5.92 Å². The number of ether oxygens (including phenoxy) is 1. The van der Waals surface area contributed by atoms with Gasteiger partial charge in [0.2, 0.25) is 0 Å². The number of carbonyl (C=O) groups excluding carboxylic acids is 1. The van der Waals surface area contributed by atoms with Gasteiger partial charge in [0.05, 0.1) is 28.2 Å². The summed E-state index contributed by atoms with van der Waals surface area (Å²) in [6.07, 6.45) is 6.04. The van der Waals surface area contributed by atoms with Gasteiger partial charge < -0.3 is 14.5 Å². The van der Waals surface area contributed by atoms with Crippen LogP contribution in [0.5, 0.6) is 0 Å². The van der Waals surface area contributed by atoms with Crippen molar-refractivity contribution in [3.8, 4) is 17.1 Å². The summed E-state index contributed by atoms with van der Waals surface area (Å²) in [7, 11) is 0. The van der Waals surface area contributed by atoms with E-state index in [1.54, 1.807) is 46.1 Å². The van der Waals surface area contributed by atoms with Crippen LogP contribution < -0.4 is 4.90 Å². The van der Waals surface area contributed by atoms with Gasteiger partial charge in [-0.1, -0.05) is 29.3 Å². The molecule has 5 rings (SSSR count). The lowest BCUT2D eigenvalue weighted by atomic mass is 9.85. The van der Waals surface area contributed by atoms with Gasteiger partial charge in [0.25, 0.3) is 5.69 Å². The molecule has 0 aliphatic carbocycles. The van der Waals surface area contributed by atoms with E-state index in [4.69, 9.17) is 16.3 Å². The van der Waals surface area contributed by atoms with Gasteiger partial charge in [0.15, 0.2) is 0 Å². The van der Waals surface area contributed by atoms with E-state index in [0.717, 1.165) is 38.8 Å². The molecule has 0 atom stereocenters. The number of halogens is 2. The number of alkyl halides is 1. The predicted molar refractivity (Wildman–Crippen MR) is 166 cm³/mol. The van der Waals surface area contributed by atoms with Crippen LogP contribution in [0.1, 0.15) is 65.7 Å². The molecule has 0 unspecified atom stereocenters. The van der Waals surface area contributed by atoms with Crippen LogP contribution >= 0.6 is 11.6 Å². The number of rotatable bonds is 8. The Morgan fingerprint density at radius 2 is 1.84 bits per heavy atom. The van der Waals surface area contributed by atoms with Gasteiger partial charge in [0, 0.05) is 38.3 Å². The van der Waals surface area contributed by atoms with Gasteiger partial charge in [-0.05, 0) is 83.4 Å². The van der Waals surface area contributed by atoms with Crippen LogP contribution in [0.4, 0.5) is 20.6 Å². The Balaban J connectivity index is 1.17. The van der Waals surface area contributed by atoms with E-state index in [2.05, 4.69) is 20.2 Å². The van der Waals surface area contributed by atoms with Crippen molar-refractivity contribution in [2.75, 3.05) is 31.1 Å². The average Bonchev–Trinajstić information content (AvgIpc) is 3.47. The molecule has 11 nitrogen and oxygen atoms in total. The first-order valence-corrected chi connectivity index (χ1v) is 15.5. The second-order valence-corrected chi connectivity index (χ2v) is 13.2. The number of pyridine rings is 1. The molecule has 236 valence electrons. The van der Waals surface area contributed by atoms with Gasteiger partial charge in [0.1, 0.15) is 22.1 Å². The Morgan fingerprint density at radius 1 is 1.11 bits per heavy atom. The summed E-state index contributed by atoms with van der Waals surface area (Å²) < 4.78 is 22.6. The molecule has 0 spiro atoms. The third kappa shape index (κ3) is 7.82. The lowest BCUT2D eigenvalue weighted by Crippen LogP contribution is -2.46. The van der Waals surface area contributed by atoms with E-state index < -0.39 is 16.2 Å². The van der Waals surface area contributed by atoms with Crippen LogP contribution in [-0.4, -0.2) is 73.3 Å². The zero-order valence-electron chi connectivity index (χ0n) is 25.4. The number of likely N-dealkylation sites (tertiary alicyclic amines) is 1. The van der Waals surface area contributed by atoms with Crippen molar-refractivity contribution in [2.45, 2.75) is 77.0 Å². The first-order valence-electron chi connectivity index (χ1n) is 15.1. The highest BCUT2D eigenvalue weighted by Gasteiger charge is 2.37. The number of anilines is 1. The minimum absolute atomic E-state index is 0.00804. The standard InChI is InChI=1S/C31H39ClFN7O4/c1-30(2,3)44-29(41)38-18-14-31(33,15-19-38)13-5-6-22-11-16-37(17-12-22)27-20-23(40(42)43)9-10-26(27)39-21-25(35-36-39)24-7-4-8-28(32)34-24/h4,7-10,20-22H,5-6,11-19H2,1-3H3. The second-order valence-electron chi connectivity index (χ2n) is 12.8. The molecule has 0 N–H and O–H groups in total. The number of aromatic nitrogens is 4. The van der Waals surface area contributed by atoms with E-state index in [0.29, 0.717) is 66.2 Å². The molecule has 0 radical (unpaired) electrons. The van der Waals surface area contributed by atoms with Crippen molar-refractivity contribution in [3.63, 3.8) is 0 Å². The van der Waals surface area contributed by atoms with Crippen LogP contribution in [0, 0.1) is 16.0 Å². The number of piperidine rings is 2. The van der Waals surface area contributed by atoms with Gasteiger partial charge in [-0.3, -0.25) is 10.1 Å². The number of carbonyl (C=O) groups is 1. The van der Waals surface area contributed by atoms with E-state index in [1.807, 2.05) is 20.8 Å². The zero-order chi connectivity index (χ0) is 31.5. The quantitative estimate of drug-likeness (QED) is 0.148. The zero-order valence-corrected chi connectivity index (χ0v) is 26.2. The van der Waals surface area contributed by atoms with Gasteiger partial charge >= 0.3 is 6.09 Å². The molecular formula is C31H39ClFN7O4. The Morgan fingerprint density at radius 3 is 2.50 bits per heavy atom. The molecule has 2 saturated heterocycles. The first-order chi connectivity index (χ1) is 20.9. The van der Waals surface area contributed by atoms with Crippen LogP contribution in [0.2, 0.25) is 5.15 Å². The molecule has 13 heteroatoms. The molecule has 2 fully saturated rings. The fraction of sp³-hybridized carbons (Fsp3) is 0.548. The van der Waals surface area contributed by atoms with Gasteiger partial charge in [-0.25, -0.2) is 18.9 Å². The Bertz CT molecular complexity index is 1480. The molecular weight excluding hydrogens is 589 g/mol. The van der Waals surface area contributed by atoms with E-state index >= 15 is 4.39 Å². The summed E-state index contributed by atoms with van der Waals surface area (Å²) in [4.78, 5) is 31.6. The lowest BCUT2D eigenvalue weighted by molar-refractivity contribution is -0.384. The maximum atomic E-state index is 15.6. The molecule has 0 saturated carbocycles. The highest BCUT2D eigenvalue weighted by Crippen LogP contribution is 2.36. The Labute approximate surface area is 261 Å². The normalized spacial score (nSPS) is 17.5. The topological polar surface area (TPSA) is 120 Å². The molecule has 3 aromatic rings. The smallest absolute Gasteiger partial charge is 0.410 e. The predicted octanol–water partition coefficient (Wildman–Crippen LogP) is 7.02. The molecule has 1 aromatic carbocycles. The SMILES string of the molecule is CC(C)(C)OC(=O)N1CCC(F)(CCCC2CCN(c3cc([N+](=O)[O-])ccc3-n3cc(-c4cccc(Cl)n4)nn3)CC2)CC1.